The van der Waals surface area contributed by atoms with Crippen LogP contribution in [0, 0.1) is 5.82 Å². The van der Waals surface area contributed by atoms with Crippen molar-refractivity contribution in [2.45, 2.75) is 32.5 Å². The van der Waals surface area contributed by atoms with E-state index in [2.05, 4.69) is 46.4 Å². The molecule has 0 amide bonds. The van der Waals surface area contributed by atoms with E-state index in [9.17, 15) is 4.39 Å². The van der Waals surface area contributed by atoms with Crippen LogP contribution in [0.1, 0.15) is 24.5 Å². The van der Waals surface area contributed by atoms with Gasteiger partial charge in [-0.05, 0) is 29.7 Å². The number of para-hydroxylation sites is 1. The van der Waals surface area contributed by atoms with Gasteiger partial charge in [0.25, 0.3) is 0 Å². The molecule has 0 saturated heterocycles. The van der Waals surface area contributed by atoms with Crippen molar-refractivity contribution in [3.63, 3.8) is 0 Å². The summed E-state index contributed by atoms with van der Waals surface area (Å²) >= 11 is 0. The average Bonchev–Trinajstić information content (AvgIpc) is 2.67. The minimum absolute atomic E-state index is 0.277. The summed E-state index contributed by atoms with van der Waals surface area (Å²) in [7, 11) is 0. The van der Waals surface area contributed by atoms with Gasteiger partial charge in [0.05, 0.1) is 6.20 Å². The Kier molecular flexibility index (Phi) is 4.15. The molecule has 2 aromatic rings. The minimum Gasteiger partial charge on any atom is -0.365 e. The normalized spacial score (nSPS) is 18.2. The molecule has 0 spiro atoms. The molecule has 0 saturated carbocycles. The molecule has 1 atom stereocenters. The molecule has 1 N–H and O–H groups in total. The number of nitrogens with one attached hydrogen (secondary N) is 1. The van der Waals surface area contributed by atoms with Gasteiger partial charge in [-0.3, -0.25) is 4.98 Å². The van der Waals surface area contributed by atoms with Crippen LogP contribution in [0.3, 0.4) is 0 Å². The molecule has 1 aromatic carbocycles. The van der Waals surface area contributed by atoms with Crippen molar-refractivity contribution >= 4 is 5.69 Å². The maximum Gasteiger partial charge on any atom is 0.141 e. The molecule has 1 aliphatic heterocycles. The molecule has 0 fully saturated rings. The summed E-state index contributed by atoms with van der Waals surface area (Å²) in [5.74, 6) is -0.277. The van der Waals surface area contributed by atoms with Gasteiger partial charge in [0, 0.05) is 37.6 Å². The monoisotopic (exact) mass is 285 g/mol. The number of halogens is 1. The second-order valence-electron chi connectivity index (χ2n) is 5.51. The number of hydrogen-bond donors (Lipinski definition) is 1. The number of anilines is 1. The maximum atomic E-state index is 13.3. The Morgan fingerprint density at radius 1 is 1.33 bits per heavy atom. The number of aromatic nitrogens is 1. The van der Waals surface area contributed by atoms with Gasteiger partial charge < -0.3 is 10.2 Å². The highest BCUT2D eigenvalue weighted by Crippen LogP contribution is 2.25. The van der Waals surface area contributed by atoms with E-state index in [1.165, 1.54) is 17.4 Å². The maximum absolute atomic E-state index is 13.3. The van der Waals surface area contributed by atoms with Crippen molar-refractivity contribution in [2.24, 2.45) is 0 Å². The molecule has 0 bridgehead atoms. The Morgan fingerprint density at radius 2 is 2.19 bits per heavy atom. The lowest BCUT2D eigenvalue weighted by Gasteiger charge is -2.27. The summed E-state index contributed by atoms with van der Waals surface area (Å²) in [5.41, 5.74) is 3.42. The van der Waals surface area contributed by atoms with Gasteiger partial charge in [-0.15, -0.1) is 0 Å². The molecule has 0 aliphatic carbocycles. The molecule has 3 nitrogen and oxygen atoms in total. The average molecular weight is 285 g/mol. The van der Waals surface area contributed by atoms with Crippen LogP contribution in [0.15, 0.2) is 42.7 Å². The number of rotatable bonds is 3. The van der Waals surface area contributed by atoms with E-state index >= 15 is 0 Å². The Bertz CT molecular complexity index is 614. The smallest absolute Gasteiger partial charge is 0.141 e. The van der Waals surface area contributed by atoms with Crippen molar-refractivity contribution in [3.05, 3.63) is 59.7 Å². The Balaban J connectivity index is 1.90. The first-order valence-corrected chi connectivity index (χ1v) is 7.42. The minimum atomic E-state index is -0.277. The summed E-state index contributed by atoms with van der Waals surface area (Å²) in [6, 6.07) is 10.4. The first kappa shape index (κ1) is 14.0. The lowest BCUT2D eigenvalue weighted by Crippen LogP contribution is -2.37. The molecule has 1 unspecified atom stereocenters. The summed E-state index contributed by atoms with van der Waals surface area (Å²) < 4.78 is 13.3. The lowest BCUT2D eigenvalue weighted by molar-refractivity contribution is 0.501. The predicted molar refractivity (Wildman–Crippen MR) is 82.6 cm³/mol. The fraction of sp³-hybridized carbons (Fsp3) is 0.353. The first-order valence-electron chi connectivity index (χ1n) is 7.42. The van der Waals surface area contributed by atoms with E-state index in [0.29, 0.717) is 12.6 Å². The molecule has 2 heterocycles. The van der Waals surface area contributed by atoms with Gasteiger partial charge in [-0.2, -0.15) is 0 Å². The van der Waals surface area contributed by atoms with Gasteiger partial charge in [0.2, 0.25) is 0 Å². The third-order valence-electron chi connectivity index (χ3n) is 3.98. The zero-order valence-electron chi connectivity index (χ0n) is 12.2. The van der Waals surface area contributed by atoms with E-state index in [1.54, 1.807) is 12.3 Å². The number of fused-ring (bicyclic) bond motifs is 1. The number of hydrogen-bond acceptors (Lipinski definition) is 3. The molecule has 21 heavy (non-hydrogen) atoms. The second kappa shape index (κ2) is 6.22. The van der Waals surface area contributed by atoms with E-state index in [4.69, 9.17) is 0 Å². The SMILES string of the molecule is CCC1CN(Cc2cncc(F)c2)c2ccccc2CN1. The molecule has 3 rings (SSSR count). The zero-order valence-corrected chi connectivity index (χ0v) is 12.2. The molecular formula is C17H20FN3. The lowest BCUT2D eigenvalue weighted by atomic mass is 10.1. The molecule has 1 aromatic heterocycles. The van der Waals surface area contributed by atoms with Crippen LogP contribution in [-0.2, 0) is 13.1 Å². The highest BCUT2D eigenvalue weighted by Gasteiger charge is 2.20. The topological polar surface area (TPSA) is 28.2 Å². The fourth-order valence-corrected chi connectivity index (χ4v) is 2.84. The van der Waals surface area contributed by atoms with Gasteiger partial charge in [0.1, 0.15) is 5.82 Å². The Morgan fingerprint density at radius 3 is 3.00 bits per heavy atom. The third kappa shape index (κ3) is 3.22. The van der Waals surface area contributed by atoms with Crippen LogP contribution < -0.4 is 10.2 Å². The molecule has 110 valence electrons. The zero-order chi connectivity index (χ0) is 14.7. The molecular weight excluding hydrogens is 265 g/mol. The van der Waals surface area contributed by atoms with Crippen molar-refractivity contribution in [1.29, 1.82) is 0 Å². The van der Waals surface area contributed by atoms with Gasteiger partial charge >= 0.3 is 0 Å². The summed E-state index contributed by atoms with van der Waals surface area (Å²) in [5, 5.41) is 3.58. The van der Waals surface area contributed by atoms with Crippen LogP contribution in [0.25, 0.3) is 0 Å². The van der Waals surface area contributed by atoms with Crippen LogP contribution in [0.4, 0.5) is 10.1 Å². The first-order chi connectivity index (χ1) is 10.3. The van der Waals surface area contributed by atoms with Crippen LogP contribution in [-0.4, -0.2) is 17.6 Å². The van der Waals surface area contributed by atoms with Crippen molar-refractivity contribution < 1.29 is 4.39 Å². The van der Waals surface area contributed by atoms with Crippen LogP contribution >= 0.6 is 0 Å². The van der Waals surface area contributed by atoms with Crippen molar-refractivity contribution in [3.8, 4) is 0 Å². The van der Waals surface area contributed by atoms with Gasteiger partial charge in [-0.1, -0.05) is 25.1 Å². The fourth-order valence-electron chi connectivity index (χ4n) is 2.84. The van der Waals surface area contributed by atoms with E-state index in [1.807, 2.05) is 0 Å². The standard InChI is InChI=1S/C17H20FN3/c1-2-16-12-21(11-13-7-15(18)10-19-8-13)17-6-4-3-5-14(17)9-20-16/h3-8,10,16,20H,2,9,11-12H2,1H3. The quantitative estimate of drug-likeness (QED) is 0.939. The van der Waals surface area contributed by atoms with Crippen LogP contribution in [0.2, 0.25) is 0 Å². The molecule has 4 heteroatoms. The largest absolute Gasteiger partial charge is 0.365 e. The predicted octanol–water partition coefficient (Wildman–Crippen LogP) is 3.11. The highest BCUT2D eigenvalue weighted by molar-refractivity contribution is 5.55. The number of benzene rings is 1. The number of pyridine rings is 1. The van der Waals surface area contributed by atoms with Gasteiger partial charge in [0.15, 0.2) is 0 Å². The summed E-state index contributed by atoms with van der Waals surface area (Å²) in [4.78, 5) is 6.27. The third-order valence-corrected chi connectivity index (χ3v) is 3.98. The van der Waals surface area contributed by atoms with Gasteiger partial charge in [-0.25, -0.2) is 4.39 Å². The van der Waals surface area contributed by atoms with E-state index in [-0.39, 0.29) is 5.82 Å². The van der Waals surface area contributed by atoms with Crippen molar-refractivity contribution in [1.82, 2.24) is 10.3 Å². The number of nitrogens with zero attached hydrogens (tertiary/aromatic N) is 2. The molecule has 0 radical (unpaired) electrons. The molecule has 1 aliphatic rings. The van der Waals surface area contributed by atoms with Crippen molar-refractivity contribution in [2.75, 3.05) is 11.4 Å². The summed E-state index contributed by atoms with van der Waals surface area (Å²) in [6.45, 7) is 4.67. The Labute approximate surface area is 124 Å². The van der Waals surface area contributed by atoms with E-state index < -0.39 is 0 Å². The van der Waals surface area contributed by atoms with E-state index in [0.717, 1.165) is 25.1 Å². The van der Waals surface area contributed by atoms with Crippen LogP contribution in [0.5, 0.6) is 0 Å². The second-order valence-corrected chi connectivity index (χ2v) is 5.51. The highest BCUT2D eigenvalue weighted by atomic mass is 19.1. The Hall–Kier alpha value is -1.94. The summed E-state index contributed by atoms with van der Waals surface area (Å²) in [6.07, 6.45) is 4.06.